The number of carbonyl (C=O) groups excluding carboxylic acids is 1. The van der Waals surface area contributed by atoms with Gasteiger partial charge in [-0.15, -0.1) is 0 Å². The lowest BCUT2D eigenvalue weighted by molar-refractivity contribution is -0.138. The number of nitrogens with zero attached hydrogens (tertiary/aromatic N) is 2. The van der Waals surface area contributed by atoms with E-state index >= 15 is 0 Å². The van der Waals surface area contributed by atoms with Crippen LogP contribution in [0.5, 0.6) is 11.5 Å². The minimum atomic E-state index is -4.49. The summed E-state index contributed by atoms with van der Waals surface area (Å²) in [6.07, 6.45) is -0.0504. The van der Waals surface area contributed by atoms with Crippen molar-refractivity contribution < 1.29 is 22.7 Å². The number of alkyl halides is 3. The van der Waals surface area contributed by atoms with Gasteiger partial charge in [-0.3, -0.25) is 14.8 Å². The molecule has 1 amide bonds. The number of aryl methyl sites for hydroxylation is 1. The second kappa shape index (κ2) is 9.78. The van der Waals surface area contributed by atoms with E-state index < -0.39 is 17.6 Å². The average Bonchev–Trinajstić information content (AvgIpc) is 3.34. The van der Waals surface area contributed by atoms with Crippen LogP contribution in [-0.2, 0) is 11.0 Å². The third-order valence-electron chi connectivity index (χ3n) is 4.98. The number of aliphatic imine (C=N–C) groups is 1. The van der Waals surface area contributed by atoms with Crippen molar-refractivity contribution in [3.8, 4) is 11.5 Å². The standard InChI is InChI=1S/C25H21F3N4O2/c1-16-5-7-18(14-21(16)25(26,27)28)32-23(33)8-6-17-3-2-4-19(13-17)34-20-9-10-29-22(15-20)24-30-11-12-31-24/h2-10,13-15H,11-12H2,1H3,(H,30,31)(H,32,33). The maximum Gasteiger partial charge on any atom is 0.416 e. The van der Waals surface area contributed by atoms with E-state index in [0.717, 1.165) is 18.4 Å². The maximum atomic E-state index is 13.1. The first kappa shape index (κ1) is 23.0. The number of ether oxygens (including phenoxy) is 1. The molecule has 34 heavy (non-hydrogen) atoms. The number of pyridine rings is 1. The van der Waals surface area contributed by atoms with Crippen molar-refractivity contribution in [1.29, 1.82) is 0 Å². The Bertz CT molecular complexity index is 1270. The molecule has 9 heteroatoms. The van der Waals surface area contributed by atoms with Gasteiger partial charge in [0.25, 0.3) is 0 Å². The lowest BCUT2D eigenvalue weighted by Crippen LogP contribution is -2.20. The van der Waals surface area contributed by atoms with Gasteiger partial charge in [-0.1, -0.05) is 18.2 Å². The van der Waals surface area contributed by atoms with Gasteiger partial charge in [0.05, 0.1) is 12.1 Å². The second-order valence-electron chi connectivity index (χ2n) is 7.56. The number of hydrogen-bond donors (Lipinski definition) is 2. The molecule has 4 rings (SSSR count). The number of benzene rings is 2. The van der Waals surface area contributed by atoms with Gasteiger partial charge >= 0.3 is 6.18 Å². The molecule has 1 aromatic heterocycles. The SMILES string of the molecule is Cc1ccc(NC(=O)C=Cc2cccc(Oc3ccnc(C4=NCCN4)c3)c2)cc1C(F)(F)F. The summed E-state index contributed by atoms with van der Waals surface area (Å²) < 4.78 is 45.2. The summed E-state index contributed by atoms with van der Waals surface area (Å²) in [5.41, 5.74) is 0.747. The molecule has 0 spiro atoms. The van der Waals surface area contributed by atoms with E-state index in [2.05, 4.69) is 20.6 Å². The first-order valence-electron chi connectivity index (χ1n) is 10.5. The first-order valence-corrected chi connectivity index (χ1v) is 10.5. The van der Waals surface area contributed by atoms with Gasteiger partial charge in [-0.25, -0.2) is 0 Å². The fourth-order valence-electron chi connectivity index (χ4n) is 3.35. The monoisotopic (exact) mass is 466 g/mol. The molecule has 2 N–H and O–H groups in total. The number of amidine groups is 1. The molecular weight excluding hydrogens is 445 g/mol. The van der Waals surface area contributed by atoms with Crippen molar-refractivity contribution >= 4 is 23.5 Å². The number of anilines is 1. The highest BCUT2D eigenvalue weighted by Crippen LogP contribution is 2.33. The Labute approximate surface area is 194 Å². The topological polar surface area (TPSA) is 75.6 Å². The van der Waals surface area contributed by atoms with Crippen LogP contribution in [0, 0.1) is 6.92 Å². The molecule has 0 fully saturated rings. The molecule has 0 aliphatic carbocycles. The Hall–Kier alpha value is -4.14. The average molecular weight is 466 g/mol. The van der Waals surface area contributed by atoms with E-state index in [1.807, 2.05) is 0 Å². The largest absolute Gasteiger partial charge is 0.457 e. The van der Waals surface area contributed by atoms with Gasteiger partial charge < -0.3 is 15.4 Å². The predicted molar refractivity (Wildman–Crippen MR) is 124 cm³/mol. The molecule has 174 valence electrons. The van der Waals surface area contributed by atoms with Crippen molar-refractivity contribution in [2.24, 2.45) is 4.99 Å². The third kappa shape index (κ3) is 5.80. The highest BCUT2D eigenvalue weighted by molar-refractivity contribution is 6.02. The summed E-state index contributed by atoms with van der Waals surface area (Å²) in [4.78, 5) is 20.9. The number of amides is 1. The highest BCUT2D eigenvalue weighted by atomic mass is 19.4. The molecule has 2 heterocycles. The first-order chi connectivity index (χ1) is 16.3. The molecule has 0 atom stereocenters. The van der Waals surface area contributed by atoms with E-state index in [9.17, 15) is 18.0 Å². The number of aromatic nitrogens is 1. The van der Waals surface area contributed by atoms with Gasteiger partial charge in [0.15, 0.2) is 0 Å². The predicted octanol–water partition coefficient (Wildman–Crippen LogP) is 5.20. The van der Waals surface area contributed by atoms with Crippen LogP contribution in [0.1, 0.15) is 22.4 Å². The fraction of sp³-hybridized carbons (Fsp3) is 0.160. The van der Waals surface area contributed by atoms with Crippen LogP contribution in [0.15, 0.2) is 71.9 Å². The van der Waals surface area contributed by atoms with E-state index in [1.165, 1.54) is 25.1 Å². The number of halogens is 3. The second-order valence-corrected chi connectivity index (χ2v) is 7.56. The summed E-state index contributed by atoms with van der Waals surface area (Å²) in [5.74, 6) is 1.31. The Kier molecular flexibility index (Phi) is 6.62. The highest BCUT2D eigenvalue weighted by Gasteiger charge is 2.32. The van der Waals surface area contributed by atoms with Gasteiger partial charge in [-0.05, 0) is 54.5 Å². The molecule has 0 saturated carbocycles. The van der Waals surface area contributed by atoms with Crippen molar-refractivity contribution in [2.75, 3.05) is 18.4 Å². The van der Waals surface area contributed by atoms with Crippen LogP contribution in [0.25, 0.3) is 6.08 Å². The molecule has 6 nitrogen and oxygen atoms in total. The lowest BCUT2D eigenvalue weighted by atomic mass is 10.1. The Morgan fingerprint density at radius 1 is 1.12 bits per heavy atom. The van der Waals surface area contributed by atoms with Crippen molar-refractivity contribution in [2.45, 2.75) is 13.1 Å². The van der Waals surface area contributed by atoms with Crippen molar-refractivity contribution in [1.82, 2.24) is 10.3 Å². The van der Waals surface area contributed by atoms with E-state index in [0.29, 0.717) is 29.3 Å². The lowest BCUT2D eigenvalue weighted by Gasteiger charge is -2.12. The summed E-state index contributed by atoms with van der Waals surface area (Å²) in [6, 6.07) is 14.2. The molecular formula is C25H21F3N4O2. The molecule has 0 unspecified atom stereocenters. The minimum absolute atomic E-state index is 0.0690. The zero-order chi connectivity index (χ0) is 24.1. The van der Waals surface area contributed by atoms with Gasteiger partial charge in [0.1, 0.15) is 23.0 Å². The quantitative estimate of drug-likeness (QED) is 0.490. The van der Waals surface area contributed by atoms with E-state index in [-0.39, 0.29) is 11.3 Å². The van der Waals surface area contributed by atoms with Crippen LogP contribution in [0.4, 0.5) is 18.9 Å². The Morgan fingerprint density at radius 3 is 2.71 bits per heavy atom. The Morgan fingerprint density at radius 2 is 1.94 bits per heavy atom. The molecule has 1 aliphatic rings. The van der Waals surface area contributed by atoms with Crippen LogP contribution in [-0.4, -0.2) is 29.8 Å². The number of nitrogens with one attached hydrogen (secondary N) is 2. The van der Waals surface area contributed by atoms with Crippen LogP contribution >= 0.6 is 0 Å². The van der Waals surface area contributed by atoms with E-state index in [1.54, 1.807) is 48.7 Å². The molecule has 3 aromatic rings. The molecule has 0 bridgehead atoms. The zero-order valence-electron chi connectivity index (χ0n) is 18.2. The van der Waals surface area contributed by atoms with Crippen molar-refractivity contribution in [3.05, 3.63) is 89.3 Å². The summed E-state index contributed by atoms with van der Waals surface area (Å²) in [5, 5.41) is 5.62. The normalized spacial score (nSPS) is 13.5. The smallest absolute Gasteiger partial charge is 0.416 e. The van der Waals surface area contributed by atoms with Crippen LogP contribution in [0.2, 0.25) is 0 Å². The third-order valence-corrected chi connectivity index (χ3v) is 4.98. The van der Waals surface area contributed by atoms with Crippen LogP contribution in [0.3, 0.4) is 0 Å². The maximum absolute atomic E-state index is 13.1. The molecule has 0 saturated heterocycles. The molecule has 0 radical (unpaired) electrons. The summed E-state index contributed by atoms with van der Waals surface area (Å²) in [6.45, 7) is 2.85. The minimum Gasteiger partial charge on any atom is -0.457 e. The number of hydrogen-bond acceptors (Lipinski definition) is 5. The summed E-state index contributed by atoms with van der Waals surface area (Å²) >= 11 is 0. The fourth-order valence-corrected chi connectivity index (χ4v) is 3.35. The summed E-state index contributed by atoms with van der Waals surface area (Å²) in [7, 11) is 0. The van der Waals surface area contributed by atoms with E-state index in [4.69, 9.17) is 4.74 Å². The molecule has 2 aromatic carbocycles. The van der Waals surface area contributed by atoms with Gasteiger partial charge in [0, 0.05) is 30.6 Å². The van der Waals surface area contributed by atoms with Gasteiger partial charge in [-0.2, -0.15) is 13.2 Å². The van der Waals surface area contributed by atoms with Gasteiger partial charge in [0.2, 0.25) is 5.91 Å². The zero-order valence-corrected chi connectivity index (χ0v) is 18.2. The van der Waals surface area contributed by atoms with Crippen molar-refractivity contribution in [3.63, 3.8) is 0 Å². The molecule has 1 aliphatic heterocycles. The van der Waals surface area contributed by atoms with Crippen LogP contribution < -0.4 is 15.4 Å². The Balaban J connectivity index is 1.42. The number of carbonyl (C=O) groups is 1. The number of rotatable bonds is 6.